The zero-order valence-electron chi connectivity index (χ0n) is 14.3. The highest BCUT2D eigenvalue weighted by Crippen LogP contribution is 2.35. The Labute approximate surface area is 143 Å². The lowest BCUT2D eigenvalue weighted by Gasteiger charge is -2.38. The van der Waals surface area contributed by atoms with E-state index in [2.05, 4.69) is 40.3 Å². The summed E-state index contributed by atoms with van der Waals surface area (Å²) in [5, 5.41) is 0. The number of nitrogens with zero attached hydrogens (tertiary/aromatic N) is 3. The van der Waals surface area contributed by atoms with Gasteiger partial charge in [-0.15, -0.1) is 0 Å². The summed E-state index contributed by atoms with van der Waals surface area (Å²) in [5.41, 5.74) is 2.38. The van der Waals surface area contributed by atoms with E-state index in [0.29, 0.717) is 24.8 Å². The fourth-order valence-corrected chi connectivity index (χ4v) is 3.74. The molecule has 1 saturated carbocycles. The van der Waals surface area contributed by atoms with Gasteiger partial charge in [0.25, 0.3) is 0 Å². The minimum absolute atomic E-state index is 0.215. The monoisotopic (exact) mass is 323 g/mol. The molecule has 2 atom stereocenters. The van der Waals surface area contributed by atoms with E-state index in [9.17, 15) is 4.79 Å². The first-order valence-electron chi connectivity index (χ1n) is 8.80. The van der Waals surface area contributed by atoms with Crippen LogP contribution in [0.4, 0.5) is 0 Å². The van der Waals surface area contributed by atoms with E-state index in [1.165, 1.54) is 31.2 Å². The van der Waals surface area contributed by atoms with Crippen LogP contribution in [0.5, 0.6) is 0 Å². The molecule has 1 aromatic heterocycles. The summed E-state index contributed by atoms with van der Waals surface area (Å²) in [4.78, 5) is 22.7. The molecule has 1 aromatic carbocycles. The number of hydrogen-bond acceptors (Lipinski definition) is 3. The smallest absolute Gasteiger partial charge is 0.222 e. The molecule has 1 amide bonds. The van der Waals surface area contributed by atoms with Crippen LogP contribution in [0.1, 0.15) is 49.1 Å². The molecule has 0 N–H and O–H groups in total. The van der Waals surface area contributed by atoms with E-state index in [1.807, 2.05) is 11.9 Å². The molecule has 24 heavy (non-hydrogen) atoms. The van der Waals surface area contributed by atoms with Crippen molar-refractivity contribution in [2.45, 2.75) is 50.5 Å². The van der Waals surface area contributed by atoms with E-state index >= 15 is 0 Å². The molecule has 4 nitrogen and oxygen atoms in total. The van der Waals surface area contributed by atoms with Crippen LogP contribution in [0.15, 0.2) is 49.1 Å². The number of amides is 1. The van der Waals surface area contributed by atoms with Crippen molar-refractivity contribution >= 4 is 5.91 Å². The molecule has 0 spiro atoms. The van der Waals surface area contributed by atoms with Crippen LogP contribution < -0.4 is 0 Å². The predicted molar refractivity (Wildman–Crippen MR) is 94.6 cm³/mol. The average Bonchev–Trinajstić information content (AvgIpc) is 2.67. The van der Waals surface area contributed by atoms with Crippen molar-refractivity contribution in [2.75, 3.05) is 7.05 Å². The molecular formula is C20H25N3O. The number of hydrogen-bond donors (Lipinski definition) is 0. The summed E-state index contributed by atoms with van der Waals surface area (Å²) in [6, 6.07) is 10.9. The summed E-state index contributed by atoms with van der Waals surface area (Å²) >= 11 is 0. The standard InChI is InChI=1S/C20H25N3O/c1-23(20(24)12-11-16-13-21-15-22-14-16)19-10-6-5-9-18(19)17-7-3-2-4-8-17/h2-4,7-8,13-15,18-19H,5-6,9-12H2,1H3. The summed E-state index contributed by atoms with van der Waals surface area (Å²) < 4.78 is 0. The molecule has 126 valence electrons. The largest absolute Gasteiger partial charge is 0.342 e. The lowest BCUT2D eigenvalue weighted by Crippen LogP contribution is -2.42. The van der Waals surface area contributed by atoms with Gasteiger partial charge in [-0.25, -0.2) is 9.97 Å². The SMILES string of the molecule is CN(C(=O)CCc1cncnc1)C1CCCCC1c1ccccc1. The van der Waals surface area contributed by atoms with Crippen molar-refractivity contribution in [3.05, 3.63) is 60.2 Å². The lowest BCUT2D eigenvalue weighted by atomic mass is 9.79. The number of aryl methyl sites for hydroxylation is 1. The Kier molecular flexibility index (Phi) is 5.57. The summed E-state index contributed by atoms with van der Waals surface area (Å²) in [6.45, 7) is 0. The van der Waals surface area contributed by atoms with Crippen LogP contribution in [0.2, 0.25) is 0 Å². The second kappa shape index (κ2) is 8.04. The Morgan fingerprint density at radius 2 is 1.83 bits per heavy atom. The van der Waals surface area contributed by atoms with Crippen molar-refractivity contribution in [3.8, 4) is 0 Å². The van der Waals surface area contributed by atoms with Crippen LogP contribution in [0.25, 0.3) is 0 Å². The molecule has 2 unspecified atom stereocenters. The zero-order chi connectivity index (χ0) is 16.8. The van der Waals surface area contributed by atoms with Crippen LogP contribution in [0.3, 0.4) is 0 Å². The lowest BCUT2D eigenvalue weighted by molar-refractivity contribution is -0.132. The fourth-order valence-electron chi connectivity index (χ4n) is 3.74. The number of benzene rings is 1. The van der Waals surface area contributed by atoms with Gasteiger partial charge in [0.05, 0.1) is 0 Å². The molecule has 1 fully saturated rings. The Balaban J connectivity index is 1.65. The van der Waals surface area contributed by atoms with Crippen molar-refractivity contribution in [1.82, 2.24) is 14.9 Å². The van der Waals surface area contributed by atoms with Crippen molar-refractivity contribution in [1.29, 1.82) is 0 Å². The molecule has 1 aliphatic carbocycles. The first-order valence-corrected chi connectivity index (χ1v) is 8.80. The van der Waals surface area contributed by atoms with Gasteiger partial charge in [0.2, 0.25) is 5.91 Å². The molecule has 0 aliphatic heterocycles. The van der Waals surface area contributed by atoms with E-state index in [-0.39, 0.29) is 5.91 Å². The molecular weight excluding hydrogens is 298 g/mol. The van der Waals surface area contributed by atoms with Gasteiger partial charge in [0.15, 0.2) is 0 Å². The number of carbonyl (C=O) groups is 1. The average molecular weight is 323 g/mol. The molecule has 0 radical (unpaired) electrons. The van der Waals surface area contributed by atoms with Gasteiger partial charge in [-0.05, 0) is 30.4 Å². The molecule has 0 bridgehead atoms. The van der Waals surface area contributed by atoms with Crippen LogP contribution >= 0.6 is 0 Å². The second-order valence-corrected chi connectivity index (χ2v) is 6.62. The summed E-state index contributed by atoms with van der Waals surface area (Å²) in [6.07, 6.45) is 11.0. The number of likely N-dealkylation sites (N-methyl/N-ethyl adjacent to an activating group) is 1. The highest BCUT2D eigenvalue weighted by Gasteiger charge is 2.31. The maximum absolute atomic E-state index is 12.7. The normalized spacial score (nSPS) is 20.5. The number of aromatic nitrogens is 2. The second-order valence-electron chi connectivity index (χ2n) is 6.62. The van der Waals surface area contributed by atoms with Crippen LogP contribution in [-0.2, 0) is 11.2 Å². The Morgan fingerprint density at radius 3 is 2.58 bits per heavy atom. The van der Waals surface area contributed by atoms with Gasteiger partial charge < -0.3 is 4.90 Å². The third-order valence-corrected chi connectivity index (χ3v) is 5.09. The van der Waals surface area contributed by atoms with Gasteiger partial charge in [-0.3, -0.25) is 4.79 Å². The molecule has 1 heterocycles. The van der Waals surface area contributed by atoms with E-state index in [4.69, 9.17) is 0 Å². The third-order valence-electron chi connectivity index (χ3n) is 5.09. The molecule has 1 aliphatic rings. The third kappa shape index (κ3) is 3.99. The summed E-state index contributed by atoms with van der Waals surface area (Å²) in [7, 11) is 1.97. The van der Waals surface area contributed by atoms with Crippen LogP contribution in [-0.4, -0.2) is 33.9 Å². The van der Waals surface area contributed by atoms with Gasteiger partial charge >= 0.3 is 0 Å². The topological polar surface area (TPSA) is 46.1 Å². The zero-order valence-corrected chi connectivity index (χ0v) is 14.3. The van der Waals surface area contributed by atoms with Gasteiger partial charge in [0.1, 0.15) is 6.33 Å². The Hall–Kier alpha value is -2.23. The minimum Gasteiger partial charge on any atom is -0.342 e. The first kappa shape index (κ1) is 16.6. The summed E-state index contributed by atoms with van der Waals surface area (Å²) in [5.74, 6) is 0.667. The van der Waals surface area contributed by atoms with Crippen molar-refractivity contribution in [2.24, 2.45) is 0 Å². The molecule has 4 heteroatoms. The van der Waals surface area contributed by atoms with E-state index in [0.717, 1.165) is 12.0 Å². The van der Waals surface area contributed by atoms with Crippen molar-refractivity contribution < 1.29 is 4.79 Å². The highest BCUT2D eigenvalue weighted by molar-refractivity contribution is 5.76. The van der Waals surface area contributed by atoms with E-state index in [1.54, 1.807) is 12.4 Å². The maximum atomic E-state index is 12.7. The molecule has 2 aromatic rings. The maximum Gasteiger partial charge on any atom is 0.222 e. The van der Waals surface area contributed by atoms with E-state index < -0.39 is 0 Å². The molecule has 0 saturated heterocycles. The Morgan fingerprint density at radius 1 is 1.12 bits per heavy atom. The Bertz CT molecular complexity index is 644. The minimum atomic E-state index is 0.215. The van der Waals surface area contributed by atoms with Gasteiger partial charge in [0, 0.05) is 37.8 Å². The number of rotatable bonds is 5. The predicted octanol–water partition coefficient (Wildman–Crippen LogP) is 3.59. The van der Waals surface area contributed by atoms with Gasteiger partial charge in [-0.2, -0.15) is 0 Å². The fraction of sp³-hybridized carbons (Fsp3) is 0.450. The van der Waals surface area contributed by atoms with Crippen LogP contribution in [0, 0.1) is 0 Å². The highest BCUT2D eigenvalue weighted by atomic mass is 16.2. The molecule has 3 rings (SSSR count). The number of carbonyl (C=O) groups excluding carboxylic acids is 1. The van der Waals surface area contributed by atoms with Gasteiger partial charge in [-0.1, -0.05) is 43.2 Å². The first-order chi connectivity index (χ1) is 11.8. The van der Waals surface area contributed by atoms with Crippen molar-refractivity contribution in [3.63, 3.8) is 0 Å². The quantitative estimate of drug-likeness (QED) is 0.844.